The number of nitrogen functional groups attached to an aromatic ring is 1. The van der Waals surface area contributed by atoms with Crippen molar-refractivity contribution in [2.24, 2.45) is 5.41 Å². The lowest BCUT2D eigenvalue weighted by Gasteiger charge is -2.22. The highest BCUT2D eigenvalue weighted by Crippen LogP contribution is 2.38. The topological polar surface area (TPSA) is 55.1 Å². The van der Waals surface area contributed by atoms with E-state index in [2.05, 4.69) is 21.2 Å². The molecule has 1 amide bonds. The van der Waals surface area contributed by atoms with Crippen LogP contribution in [0.3, 0.4) is 0 Å². The first kappa shape index (κ1) is 12.4. The van der Waals surface area contributed by atoms with Crippen molar-refractivity contribution in [3.05, 3.63) is 22.7 Å². The first-order chi connectivity index (χ1) is 8.01. The van der Waals surface area contributed by atoms with E-state index in [-0.39, 0.29) is 11.3 Å². The standard InChI is InChI=1S/C13H17BrN2O/c1-13(6-2-3-7-13)12(17)16-9-4-5-10(14)11(15)8-9/h4-5,8H,2-3,6-7,15H2,1H3,(H,16,17). The van der Waals surface area contributed by atoms with E-state index in [0.717, 1.165) is 35.8 Å². The Kier molecular flexibility index (Phi) is 3.43. The van der Waals surface area contributed by atoms with Crippen LogP contribution in [-0.4, -0.2) is 5.91 Å². The molecule has 0 bridgehead atoms. The summed E-state index contributed by atoms with van der Waals surface area (Å²) in [4.78, 5) is 12.2. The monoisotopic (exact) mass is 296 g/mol. The number of hydrogen-bond donors (Lipinski definition) is 2. The van der Waals surface area contributed by atoms with Gasteiger partial charge in [-0.2, -0.15) is 0 Å². The second kappa shape index (κ2) is 4.69. The minimum Gasteiger partial charge on any atom is -0.398 e. The average molecular weight is 297 g/mol. The zero-order chi connectivity index (χ0) is 12.5. The molecule has 0 heterocycles. The minimum atomic E-state index is -0.207. The van der Waals surface area contributed by atoms with Crippen molar-refractivity contribution in [1.29, 1.82) is 0 Å². The number of anilines is 2. The number of rotatable bonds is 2. The van der Waals surface area contributed by atoms with Crippen molar-refractivity contribution < 1.29 is 4.79 Å². The molecule has 0 atom stereocenters. The Labute approximate surface area is 110 Å². The van der Waals surface area contributed by atoms with Gasteiger partial charge >= 0.3 is 0 Å². The molecular formula is C13H17BrN2O. The van der Waals surface area contributed by atoms with Gasteiger partial charge in [-0.1, -0.05) is 19.8 Å². The third-order valence-corrected chi connectivity index (χ3v) is 4.23. The molecular weight excluding hydrogens is 280 g/mol. The Hall–Kier alpha value is -1.03. The van der Waals surface area contributed by atoms with Gasteiger partial charge < -0.3 is 11.1 Å². The summed E-state index contributed by atoms with van der Waals surface area (Å²) < 4.78 is 0.850. The highest BCUT2D eigenvalue weighted by Gasteiger charge is 2.36. The number of nitrogens with one attached hydrogen (secondary N) is 1. The van der Waals surface area contributed by atoms with E-state index in [1.54, 1.807) is 6.07 Å². The van der Waals surface area contributed by atoms with Crippen molar-refractivity contribution in [3.8, 4) is 0 Å². The van der Waals surface area contributed by atoms with E-state index < -0.39 is 0 Å². The SMILES string of the molecule is CC1(C(=O)Nc2ccc(Br)c(N)c2)CCCC1. The first-order valence-corrected chi connectivity index (χ1v) is 6.67. The van der Waals surface area contributed by atoms with Gasteiger partial charge in [0, 0.05) is 21.3 Å². The number of amides is 1. The number of hydrogen-bond acceptors (Lipinski definition) is 2. The van der Waals surface area contributed by atoms with Gasteiger partial charge in [0.1, 0.15) is 0 Å². The van der Waals surface area contributed by atoms with Crippen molar-refractivity contribution in [1.82, 2.24) is 0 Å². The normalized spacial score (nSPS) is 18.0. The van der Waals surface area contributed by atoms with Crippen LogP contribution in [0.2, 0.25) is 0 Å². The Balaban J connectivity index is 2.10. The van der Waals surface area contributed by atoms with E-state index in [4.69, 9.17) is 5.73 Å². The third-order valence-electron chi connectivity index (χ3n) is 3.51. The number of carbonyl (C=O) groups is 1. The third kappa shape index (κ3) is 2.63. The summed E-state index contributed by atoms with van der Waals surface area (Å²) in [6, 6.07) is 5.48. The summed E-state index contributed by atoms with van der Waals surface area (Å²) >= 11 is 3.33. The van der Waals surface area contributed by atoms with Crippen molar-refractivity contribution in [2.75, 3.05) is 11.1 Å². The molecule has 1 aromatic rings. The van der Waals surface area contributed by atoms with Crippen LogP contribution in [0.25, 0.3) is 0 Å². The smallest absolute Gasteiger partial charge is 0.230 e. The molecule has 1 aromatic carbocycles. The van der Waals surface area contributed by atoms with Crippen LogP contribution < -0.4 is 11.1 Å². The number of halogens is 1. The highest BCUT2D eigenvalue weighted by molar-refractivity contribution is 9.10. The lowest BCUT2D eigenvalue weighted by molar-refractivity contribution is -0.124. The molecule has 0 aromatic heterocycles. The summed E-state index contributed by atoms with van der Waals surface area (Å²) in [6.07, 6.45) is 4.24. The van der Waals surface area contributed by atoms with Crippen LogP contribution in [0.5, 0.6) is 0 Å². The maximum atomic E-state index is 12.2. The summed E-state index contributed by atoms with van der Waals surface area (Å²) in [7, 11) is 0. The van der Waals surface area contributed by atoms with Gasteiger partial charge in [-0.3, -0.25) is 4.79 Å². The second-order valence-corrected chi connectivity index (χ2v) is 5.81. The van der Waals surface area contributed by atoms with E-state index in [0.29, 0.717) is 5.69 Å². The molecule has 1 aliphatic rings. The molecule has 17 heavy (non-hydrogen) atoms. The lowest BCUT2D eigenvalue weighted by Crippen LogP contribution is -2.30. The summed E-state index contributed by atoms with van der Waals surface area (Å²) in [5.41, 5.74) is 6.98. The molecule has 0 saturated heterocycles. The largest absolute Gasteiger partial charge is 0.398 e. The van der Waals surface area contributed by atoms with Gasteiger partial charge in [0.05, 0.1) is 0 Å². The zero-order valence-electron chi connectivity index (χ0n) is 9.92. The Morgan fingerprint density at radius 3 is 2.65 bits per heavy atom. The molecule has 0 radical (unpaired) electrons. The molecule has 2 rings (SSSR count). The summed E-state index contributed by atoms with van der Waals surface area (Å²) in [5, 5.41) is 2.95. The van der Waals surface area contributed by atoms with Crippen LogP contribution in [-0.2, 0) is 4.79 Å². The number of nitrogens with two attached hydrogens (primary N) is 1. The summed E-state index contributed by atoms with van der Waals surface area (Å²) in [6.45, 7) is 2.04. The molecule has 0 spiro atoms. The molecule has 0 unspecified atom stereocenters. The van der Waals surface area contributed by atoms with Crippen molar-refractivity contribution >= 4 is 33.2 Å². The average Bonchev–Trinajstić information content (AvgIpc) is 2.72. The Morgan fingerprint density at radius 2 is 2.06 bits per heavy atom. The molecule has 3 N–H and O–H groups in total. The van der Waals surface area contributed by atoms with E-state index in [1.165, 1.54) is 0 Å². The van der Waals surface area contributed by atoms with Gasteiger partial charge in [0.2, 0.25) is 5.91 Å². The molecule has 0 aliphatic heterocycles. The maximum Gasteiger partial charge on any atom is 0.230 e. The van der Waals surface area contributed by atoms with Crippen LogP contribution in [0.4, 0.5) is 11.4 Å². The molecule has 3 nitrogen and oxygen atoms in total. The van der Waals surface area contributed by atoms with Gasteiger partial charge in [-0.25, -0.2) is 0 Å². The highest BCUT2D eigenvalue weighted by atomic mass is 79.9. The fourth-order valence-corrected chi connectivity index (χ4v) is 2.53. The van der Waals surface area contributed by atoms with Crippen LogP contribution in [0, 0.1) is 5.41 Å². The first-order valence-electron chi connectivity index (χ1n) is 5.88. The van der Waals surface area contributed by atoms with E-state index in [1.807, 2.05) is 19.1 Å². The van der Waals surface area contributed by atoms with Crippen LogP contribution in [0.1, 0.15) is 32.6 Å². The van der Waals surface area contributed by atoms with Gasteiger partial charge in [0.15, 0.2) is 0 Å². The van der Waals surface area contributed by atoms with Crippen molar-refractivity contribution in [2.45, 2.75) is 32.6 Å². The van der Waals surface area contributed by atoms with Gasteiger partial charge in [0.25, 0.3) is 0 Å². The predicted octanol–water partition coefficient (Wildman–Crippen LogP) is 3.55. The molecule has 92 valence electrons. The number of benzene rings is 1. The second-order valence-electron chi connectivity index (χ2n) is 4.96. The fraction of sp³-hybridized carbons (Fsp3) is 0.462. The van der Waals surface area contributed by atoms with Gasteiger partial charge in [-0.05, 0) is 47.0 Å². The Bertz CT molecular complexity index is 439. The van der Waals surface area contributed by atoms with E-state index >= 15 is 0 Å². The fourth-order valence-electron chi connectivity index (χ4n) is 2.29. The lowest BCUT2D eigenvalue weighted by atomic mass is 9.88. The quantitative estimate of drug-likeness (QED) is 0.820. The molecule has 4 heteroatoms. The maximum absolute atomic E-state index is 12.2. The van der Waals surface area contributed by atoms with Crippen molar-refractivity contribution in [3.63, 3.8) is 0 Å². The van der Waals surface area contributed by atoms with Crippen LogP contribution >= 0.6 is 15.9 Å². The molecule has 1 saturated carbocycles. The van der Waals surface area contributed by atoms with Crippen LogP contribution in [0.15, 0.2) is 22.7 Å². The molecule has 1 fully saturated rings. The summed E-state index contributed by atoms with van der Waals surface area (Å²) in [5.74, 6) is 0.108. The van der Waals surface area contributed by atoms with E-state index in [9.17, 15) is 4.79 Å². The zero-order valence-corrected chi connectivity index (χ0v) is 11.5. The number of carbonyl (C=O) groups excluding carboxylic acids is 1. The Morgan fingerprint density at radius 1 is 1.41 bits per heavy atom. The molecule has 1 aliphatic carbocycles. The van der Waals surface area contributed by atoms with Gasteiger partial charge in [-0.15, -0.1) is 0 Å². The predicted molar refractivity (Wildman–Crippen MR) is 73.8 cm³/mol. The minimum absolute atomic E-state index is 0.108.